The molecule has 164 valence electrons. The third-order valence-corrected chi connectivity index (χ3v) is 5.41. The molecule has 4 heterocycles. The highest BCUT2D eigenvalue weighted by Crippen LogP contribution is 2.38. The Labute approximate surface area is 178 Å². The third kappa shape index (κ3) is 4.29. The fourth-order valence-electron chi connectivity index (χ4n) is 3.93. The van der Waals surface area contributed by atoms with Crippen LogP contribution in [0.25, 0.3) is 5.65 Å². The number of aliphatic hydroxyl groups is 1. The van der Waals surface area contributed by atoms with Crippen molar-refractivity contribution in [2.75, 3.05) is 31.7 Å². The average Bonchev–Trinajstić information content (AvgIpc) is 3.43. The maximum absolute atomic E-state index is 13.9. The van der Waals surface area contributed by atoms with Gasteiger partial charge in [0.25, 0.3) is 5.91 Å². The van der Waals surface area contributed by atoms with E-state index in [-0.39, 0.29) is 18.6 Å². The molecule has 4 rings (SSSR count). The second-order valence-electron chi connectivity index (χ2n) is 7.40. The van der Waals surface area contributed by atoms with Crippen molar-refractivity contribution in [2.45, 2.75) is 31.7 Å². The lowest BCUT2D eigenvalue weighted by Gasteiger charge is -2.26. The Morgan fingerprint density at radius 1 is 1.39 bits per heavy atom. The van der Waals surface area contributed by atoms with Gasteiger partial charge < -0.3 is 20.1 Å². The Hall–Kier alpha value is -3.27. The zero-order chi connectivity index (χ0) is 21.8. The number of carbonyl (C=O) groups excluding carboxylic acids is 1. The van der Waals surface area contributed by atoms with E-state index in [1.54, 1.807) is 10.7 Å². The highest BCUT2D eigenvalue weighted by Gasteiger charge is 2.31. The number of amides is 1. The number of hydrogen-bond donors (Lipinski definition) is 2. The number of halogens is 1. The Bertz CT molecular complexity index is 1070. The molecule has 3 aromatic heterocycles. The number of unbranched alkanes of at least 4 members (excludes halogenated alkanes) is 1. The van der Waals surface area contributed by atoms with Gasteiger partial charge in [0.15, 0.2) is 5.65 Å². The van der Waals surface area contributed by atoms with E-state index in [1.165, 1.54) is 19.4 Å². The predicted molar refractivity (Wildman–Crippen MR) is 112 cm³/mol. The summed E-state index contributed by atoms with van der Waals surface area (Å²) in [5.74, 6) is 0.399. The fourth-order valence-corrected chi connectivity index (χ4v) is 3.93. The molecule has 0 bridgehead atoms. The van der Waals surface area contributed by atoms with Crippen LogP contribution >= 0.6 is 0 Å². The van der Waals surface area contributed by atoms with Gasteiger partial charge in [-0.25, -0.2) is 18.9 Å². The van der Waals surface area contributed by atoms with Crippen molar-refractivity contribution in [3.05, 3.63) is 47.7 Å². The molecule has 0 saturated carbocycles. The second-order valence-corrected chi connectivity index (χ2v) is 7.40. The van der Waals surface area contributed by atoms with E-state index in [9.17, 15) is 9.18 Å². The summed E-state index contributed by atoms with van der Waals surface area (Å²) in [6.45, 7) is 1.31. The van der Waals surface area contributed by atoms with Gasteiger partial charge in [0.2, 0.25) is 5.88 Å². The average molecular weight is 428 g/mol. The molecule has 0 aliphatic carbocycles. The number of anilines is 1. The molecule has 9 nitrogen and oxygen atoms in total. The monoisotopic (exact) mass is 428 g/mol. The Balaban J connectivity index is 1.62. The summed E-state index contributed by atoms with van der Waals surface area (Å²) < 4.78 is 20.8. The van der Waals surface area contributed by atoms with Gasteiger partial charge in [0, 0.05) is 31.5 Å². The lowest BCUT2D eigenvalue weighted by atomic mass is 10.1. The quantitative estimate of drug-likeness (QED) is 0.530. The highest BCUT2D eigenvalue weighted by atomic mass is 19.1. The van der Waals surface area contributed by atoms with Gasteiger partial charge in [-0.3, -0.25) is 4.79 Å². The lowest BCUT2D eigenvalue weighted by Crippen LogP contribution is -2.26. The van der Waals surface area contributed by atoms with Crippen LogP contribution in [0.15, 0.2) is 30.7 Å². The van der Waals surface area contributed by atoms with E-state index in [1.807, 2.05) is 6.07 Å². The number of ether oxygens (including phenoxy) is 1. The molecule has 0 aromatic carbocycles. The summed E-state index contributed by atoms with van der Waals surface area (Å²) in [5, 5.41) is 15.9. The molecule has 1 amide bonds. The van der Waals surface area contributed by atoms with Gasteiger partial charge in [-0.1, -0.05) is 0 Å². The van der Waals surface area contributed by atoms with Crippen molar-refractivity contribution in [2.24, 2.45) is 0 Å². The van der Waals surface area contributed by atoms with E-state index >= 15 is 0 Å². The van der Waals surface area contributed by atoms with Crippen LogP contribution in [-0.2, 0) is 0 Å². The van der Waals surface area contributed by atoms with Crippen molar-refractivity contribution in [3.8, 4) is 5.88 Å². The third-order valence-electron chi connectivity index (χ3n) is 5.41. The first-order valence-corrected chi connectivity index (χ1v) is 10.3. The van der Waals surface area contributed by atoms with Gasteiger partial charge in [0.05, 0.1) is 25.5 Å². The Morgan fingerprint density at radius 2 is 2.26 bits per heavy atom. The van der Waals surface area contributed by atoms with E-state index in [2.05, 4.69) is 20.3 Å². The topological polar surface area (TPSA) is 105 Å². The summed E-state index contributed by atoms with van der Waals surface area (Å²) in [7, 11) is 1.52. The molecule has 0 spiro atoms. The molecule has 2 N–H and O–H groups in total. The molecular weight excluding hydrogens is 403 g/mol. The number of aromatic nitrogens is 4. The molecule has 1 atom stereocenters. The molecule has 10 heteroatoms. The number of methoxy groups -OCH3 is 1. The zero-order valence-corrected chi connectivity index (χ0v) is 17.3. The first-order chi connectivity index (χ1) is 15.1. The van der Waals surface area contributed by atoms with Crippen molar-refractivity contribution in [1.82, 2.24) is 24.9 Å². The Morgan fingerprint density at radius 3 is 3.06 bits per heavy atom. The minimum absolute atomic E-state index is 0.0973. The molecule has 1 fully saturated rings. The van der Waals surface area contributed by atoms with Crippen molar-refractivity contribution in [3.63, 3.8) is 0 Å². The number of rotatable bonds is 8. The maximum atomic E-state index is 13.9. The Kier molecular flexibility index (Phi) is 6.26. The van der Waals surface area contributed by atoms with Crippen LogP contribution in [0, 0.1) is 5.82 Å². The molecule has 0 radical (unpaired) electrons. The van der Waals surface area contributed by atoms with E-state index in [0.717, 1.165) is 25.6 Å². The summed E-state index contributed by atoms with van der Waals surface area (Å²) in [6, 6.07) is 3.16. The normalized spacial score (nSPS) is 16.1. The first-order valence-electron chi connectivity index (χ1n) is 10.3. The van der Waals surface area contributed by atoms with Crippen molar-refractivity contribution < 1.29 is 19.0 Å². The van der Waals surface area contributed by atoms with Gasteiger partial charge in [-0.05, 0) is 37.8 Å². The summed E-state index contributed by atoms with van der Waals surface area (Å²) in [5.41, 5.74) is 1.51. The molecule has 1 unspecified atom stereocenters. The lowest BCUT2D eigenvalue weighted by molar-refractivity contribution is 0.0953. The summed E-state index contributed by atoms with van der Waals surface area (Å²) in [6.07, 6.45) is 7.44. The number of nitrogens with one attached hydrogen (secondary N) is 1. The van der Waals surface area contributed by atoms with Crippen molar-refractivity contribution in [1.29, 1.82) is 0 Å². The highest BCUT2D eigenvalue weighted by molar-refractivity contribution is 5.99. The summed E-state index contributed by atoms with van der Waals surface area (Å²) >= 11 is 0. The van der Waals surface area contributed by atoms with Gasteiger partial charge in [-0.15, -0.1) is 0 Å². The van der Waals surface area contributed by atoms with Gasteiger partial charge >= 0.3 is 0 Å². The second kappa shape index (κ2) is 9.25. The smallest absolute Gasteiger partial charge is 0.256 e. The molecular formula is C21H25FN6O3. The molecule has 1 saturated heterocycles. The van der Waals surface area contributed by atoms with Crippen LogP contribution < -0.4 is 15.0 Å². The minimum Gasteiger partial charge on any atom is -0.481 e. The standard InChI is InChI=1S/C21H25FN6O3/c1-31-21-15(11-14(22)12-24-21)17-5-4-8-27(17)18-6-9-28-19(26-18)16(13-25-28)20(30)23-7-2-3-10-29/h6,9,11-13,17,29H,2-5,7-8,10H2,1H3,(H,23,30). The van der Waals surface area contributed by atoms with Crippen LogP contribution in [0.1, 0.15) is 47.6 Å². The molecule has 3 aromatic rings. The van der Waals surface area contributed by atoms with Crippen molar-refractivity contribution >= 4 is 17.4 Å². The zero-order valence-electron chi connectivity index (χ0n) is 17.3. The number of aliphatic hydroxyl groups excluding tert-OH is 1. The van der Waals surface area contributed by atoms with Crippen LogP contribution in [0.4, 0.5) is 10.2 Å². The van der Waals surface area contributed by atoms with Crippen LogP contribution in [0.2, 0.25) is 0 Å². The van der Waals surface area contributed by atoms with Crippen LogP contribution in [0.3, 0.4) is 0 Å². The maximum Gasteiger partial charge on any atom is 0.256 e. The minimum atomic E-state index is -0.415. The molecule has 31 heavy (non-hydrogen) atoms. The summed E-state index contributed by atoms with van der Waals surface area (Å²) in [4.78, 5) is 23.4. The van der Waals surface area contributed by atoms with Crippen LogP contribution in [-0.4, -0.2) is 57.4 Å². The van der Waals surface area contributed by atoms with E-state index in [4.69, 9.17) is 14.8 Å². The number of hydrogen-bond acceptors (Lipinski definition) is 7. The number of carbonyl (C=O) groups is 1. The van der Waals surface area contributed by atoms with E-state index in [0.29, 0.717) is 47.9 Å². The van der Waals surface area contributed by atoms with E-state index < -0.39 is 5.82 Å². The predicted octanol–water partition coefficient (Wildman–Crippen LogP) is 2.12. The molecule has 1 aliphatic rings. The first kappa shape index (κ1) is 21.0. The number of fused-ring (bicyclic) bond motifs is 1. The van der Waals surface area contributed by atoms with Gasteiger partial charge in [-0.2, -0.15) is 5.10 Å². The van der Waals surface area contributed by atoms with Gasteiger partial charge in [0.1, 0.15) is 17.2 Å². The largest absolute Gasteiger partial charge is 0.481 e. The fraction of sp³-hybridized carbons (Fsp3) is 0.429. The SMILES string of the molecule is COc1ncc(F)cc1C1CCCN1c1ccn2ncc(C(=O)NCCCCO)c2n1. The number of pyridine rings is 1. The molecule has 1 aliphatic heterocycles. The van der Waals surface area contributed by atoms with Crippen LogP contribution in [0.5, 0.6) is 5.88 Å². The number of nitrogens with zero attached hydrogens (tertiary/aromatic N) is 5.